The molecule has 17 nitrogen and oxygen atoms in total. The fourth-order valence-corrected chi connectivity index (χ4v) is 7.46. The minimum absolute atomic E-state index is 0.0233. The SMILES string of the molecule is CCO/N=C(\C(=O)NC1C(=O)N2C(C(=O)OCc3ccc(OC)cc3)=C(C[n+]3cn(C(F)F)c4cccnc43)CSC12)c1nsc(NC(=O)OC(C)(C)C)n1. The summed E-state index contributed by atoms with van der Waals surface area (Å²) < 4.78 is 50.4. The second-order valence-electron chi connectivity index (χ2n) is 12.9. The van der Waals surface area contributed by atoms with Gasteiger partial charge in [-0.25, -0.2) is 18.7 Å². The number of esters is 1. The number of amides is 3. The molecule has 4 aromatic rings. The van der Waals surface area contributed by atoms with Gasteiger partial charge in [-0.05, 0) is 57.5 Å². The number of nitrogens with zero attached hydrogens (tertiary/aromatic N) is 7. The molecule has 0 bridgehead atoms. The third kappa shape index (κ3) is 8.67. The number of alkyl halides is 2. The lowest BCUT2D eigenvalue weighted by Crippen LogP contribution is -2.71. The van der Waals surface area contributed by atoms with Crippen LogP contribution in [0.1, 0.15) is 45.6 Å². The highest BCUT2D eigenvalue weighted by Gasteiger charge is 2.55. The number of benzene rings is 1. The number of methoxy groups -OCH3 is 1. The Hall–Kier alpha value is -5.70. The van der Waals surface area contributed by atoms with Crippen LogP contribution >= 0.6 is 23.3 Å². The first-order valence-corrected chi connectivity index (χ1v) is 18.5. The van der Waals surface area contributed by atoms with E-state index in [-0.39, 0.29) is 59.0 Å². The van der Waals surface area contributed by atoms with Crippen molar-refractivity contribution in [3.8, 4) is 5.75 Å². The monoisotopic (exact) mass is 800 g/mol. The Bertz CT molecular complexity index is 2170. The number of aromatic nitrogens is 5. The van der Waals surface area contributed by atoms with E-state index in [0.29, 0.717) is 16.9 Å². The summed E-state index contributed by atoms with van der Waals surface area (Å²) in [6, 6.07) is 8.77. The summed E-state index contributed by atoms with van der Waals surface area (Å²) in [5.74, 6) is -1.71. The van der Waals surface area contributed by atoms with Crippen molar-refractivity contribution in [1.29, 1.82) is 0 Å². The molecule has 2 aliphatic rings. The van der Waals surface area contributed by atoms with Gasteiger partial charge in [-0.3, -0.25) is 19.8 Å². The van der Waals surface area contributed by atoms with Gasteiger partial charge < -0.3 is 24.4 Å². The predicted octanol–water partition coefficient (Wildman–Crippen LogP) is 3.76. The summed E-state index contributed by atoms with van der Waals surface area (Å²) in [4.78, 5) is 68.4. The van der Waals surface area contributed by atoms with Crippen molar-refractivity contribution in [2.75, 3.05) is 24.8 Å². The molecule has 21 heteroatoms. The number of ether oxygens (including phenoxy) is 3. The molecule has 5 heterocycles. The van der Waals surface area contributed by atoms with E-state index in [4.69, 9.17) is 19.0 Å². The van der Waals surface area contributed by atoms with E-state index < -0.39 is 47.4 Å². The van der Waals surface area contributed by atoms with Crippen molar-refractivity contribution in [1.82, 2.24) is 29.1 Å². The van der Waals surface area contributed by atoms with E-state index in [9.17, 15) is 28.0 Å². The van der Waals surface area contributed by atoms with Crippen LogP contribution in [0.3, 0.4) is 0 Å². The molecule has 3 aromatic heterocycles. The van der Waals surface area contributed by atoms with Crippen molar-refractivity contribution in [3.63, 3.8) is 0 Å². The van der Waals surface area contributed by atoms with Crippen LogP contribution in [0.5, 0.6) is 5.75 Å². The number of hydrogen-bond acceptors (Lipinski definition) is 14. The van der Waals surface area contributed by atoms with Gasteiger partial charge in [0.25, 0.3) is 11.8 Å². The van der Waals surface area contributed by atoms with E-state index in [1.165, 1.54) is 53.0 Å². The zero-order chi connectivity index (χ0) is 39.4. The van der Waals surface area contributed by atoms with E-state index in [1.54, 1.807) is 52.0 Å². The molecule has 1 aromatic carbocycles. The van der Waals surface area contributed by atoms with Gasteiger partial charge in [0.2, 0.25) is 16.7 Å². The minimum atomic E-state index is -2.86. The number of fused-ring (bicyclic) bond motifs is 2. The van der Waals surface area contributed by atoms with E-state index >= 15 is 0 Å². The Morgan fingerprint density at radius 2 is 1.93 bits per heavy atom. The molecule has 6 rings (SSSR count). The lowest BCUT2D eigenvalue weighted by molar-refractivity contribution is -0.666. The highest BCUT2D eigenvalue weighted by atomic mass is 32.2. The molecular formula is C34H36F2N9O8S2+. The minimum Gasteiger partial charge on any atom is -0.497 e. The summed E-state index contributed by atoms with van der Waals surface area (Å²) in [6.07, 6.45) is 1.89. The van der Waals surface area contributed by atoms with Crippen LogP contribution in [0.2, 0.25) is 0 Å². The standard InChI is InChI=1S/C34H35F2N9O8S2/c1-6-52-41-22(25-39-32(55-42-25)40-33(49)53-34(2,3)4)27(46)38-23-28(47)45-24(30(48)51-15-18-9-11-20(50-5)12-10-18)19(16-54-29(23)45)14-43-17-44(31(35)36)21-8-7-13-37-26(21)43/h7-13,17,23,29,31H,6,14-16H2,1-5H3,(H-,38,39,40,42,46,49)/p+1/b41-22-. The number of thioether (sulfide) groups is 1. The molecule has 1 fully saturated rings. The number of carbonyl (C=O) groups is 4. The first-order chi connectivity index (χ1) is 26.3. The van der Waals surface area contributed by atoms with Gasteiger partial charge in [0, 0.05) is 22.9 Å². The maximum Gasteiger partial charge on any atom is 0.414 e. The topological polar surface area (TPSA) is 192 Å². The molecule has 0 radical (unpaired) electrons. The van der Waals surface area contributed by atoms with Gasteiger partial charge >= 0.3 is 24.3 Å². The molecule has 1 saturated heterocycles. The second-order valence-corrected chi connectivity index (χ2v) is 14.8. The van der Waals surface area contributed by atoms with Crippen LogP contribution in [0.25, 0.3) is 11.2 Å². The number of imidazole rings is 1. The third-order valence-electron chi connectivity index (χ3n) is 7.95. The highest BCUT2D eigenvalue weighted by molar-refractivity contribution is 8.00. The van der Waals surface area contributed by atoms with Crippen LogP contribution in [-0.2, 0) is 41.8 Å². The average Bonchev–Trinajstić information content (AvgIpc) is 3.76. The molecule has 0 saturated carbocycles. The van der Waals surface area contributed by atoms with Crippen molar-refractivity contribution in [2.45, 2.75) is 64.4 Å². The fourth-order valence-electron chi connectivity index (χ4n) is 5.57. The number of pyridine rings is 1. The van der Waals surface area contributed by atoms with Gasteiger partial charge in [-0.1, -0.05) is 17.3 Å². The third-order valence-corrected chi connectivity index (χ3v) is 9.92. The fraction of sp³-hybridized carbons (Fsp3) is 0.382. The molecule has 3 amide bonds. The molecule has 0 aliphatic carbocycles. The number of carbonyl (C=O) groups excluding carboxylic acids is 4. The smallest absolute Gasteiger partial charge is 0.414 e. The number of oxime groups is 1. The molecule has 290 valence electrons. The highest BCUT2D eigenvalue weighted by Crippen LogP contribution is 2.41. The van der Waals surface area contributed by atoms with Gasteiger partial charge in [-0.2, -0.15) is 18.1 Å². The molecule has 2 unspecified atom stereocenters. The van der Waals surface area contributed by atoms with Crippen LogP contribution < -0.4 is 19.9 Å². The summed E-state index contributed by atoms with van der Waals surface area (Å²) in [6.45, 7) is 3.76. The Morgan fingerprint density at radius 1 is 1.16 bits per heavy atom. The van der Waals surface area contributed by atoms with Crippen molar-refractivity contribution in [3.05, 3.63) is 71.6 Å². The molecule has 2 aliphatic heterocycles. The van der Waals surface area contributed by atoms with Gasteiger partial charge in [0.1, 0.15) is 47.9 Å². The Labute approximate surface area is 320 Å². The van der Waals surface area contributed by atoms with E-state index in [1.807, 2.05) is 0 Å². The Morgan fingerprint density at radius 3 is 2.62 bits per heavy atom. The van der Waals surface area contributed by atoms with Crippen molar-refractivity contribution >= 4 is 69.2 Å². The van der Waals surface area contributed by atoms with E-state index in [0.717, 1.165) is 16.1 Å². The normalized spacial score (nSPS) is 17.1. The number of hydrogen-bond donors (Lipinski definition) is 2. The van der Waals surface area contributed by atoms with Crippen LogP contribution in [-0.4, -0.2) is 89.9 Å². The average molecular weight is 801 g/mol. The zero-order valence-electron chi connectivity index (χ0n) is 30.1. The van der Waals surface area contributed by atoms with Crippen LogP contribution in [0.4, 0.5) is 18.7 Å². The summed E-state index contributed by atoms with van der Waals surface area (Å²) in [5, 5.41) is 8.23. The van der Waals surface area contributed by atoms with Crippen LogP contribution in [0, 0.1) is 0 Å². The summed E-state index contributed by atoms with van der Waals surface area (Å²) in [7, 11) is 1.53. The molecule has 0 spiro atoms. The number of halogens is 2. The first-order valence-electron chi connectivity index (χ1n) is 16.7. The number of anilines is 1. The molecule has 55 heavy (non-hydrogen) atoms. The first kappa shape index (κ1) is 39.0. The summed E-state index contributed by atoms with van der Waals surface area (Å²) >= 11 is 2.02. The predicted molar refractivity (Wildman–Crippen MR) is 194 cm³/mol. The van der Waals surface area contributed by atoms with Crippen molar-refractivity contribution < 1.29 is 51.6 Å². The molecule has 2 atom stereocenters. The largest absolute Gasteiger partial charge is 0.497 e. The van der Waals surface area contributed by atoms with Crippen LogP contribution in [0.15, 0.2) is 65.3 Å². The van der Waals surface area contributed by atoms with E-state index in [2.05, 4.69) is 30.1 Å². The quantitative estimate of drug-likeness (QED) is 0.0656. The lowest BCUT2D eigenvalue weighted by atomic mass is 10.0. The Kier molecular flexibility index (Phi) is 11.6. The van der Waals surface area contributed by atoms with Gasteiger partial charge in [0.05, 0.1) is 13.7 Å². The maximum absolute atomic E-state index is 14.0. The van der Waals surface area contributed by atoms with Crippen molar-refractivity contribution in [2.24, 2.45) is 5.16 Å². The van der Waals surface area contributed by atoms with Gasteiger partial charge in [0.15, 0.2) is 11.8 Å². The molecule has 2 N–H and O–H groups in total. The summed E-state index contributed by atoms with van der Waals surface area (Å²) in [5.41, 5.74) is 0.282. The zero-order valence-corrected chi connectivity index (χ0v) is 31.8. The second kappa shape index (κ2) is 16.3. The lowest BCUT2D eigenvalue weighted by Gasteiger charge is -2.49. The van der Waals surface area contributed by atoms with Gasteiger partial charge in [-0.15, -0.1) is 16.7 Å². The molecular weight excluding hydrogens is 765 g/mol. The number of β-lactam (4-membered cyclic amide) rings is 1. The Balaban J connectivity index is 1.25. The maximum atomic E-state index is 14.0. The number of nitrogens with one attached hydrogen (secondary N) is 2. The number of rotatable bonds is 13.